The minimum absolute atomic E-state index is 0. The second kappa shape index (κ2) is 6.43. The summed E-state index contributed by atoms with van der Waals surface area (Å²) in [5.74, 6) is 0.803. The molecule has 2 unspecified atom stereocenters. The first-order valence-electron chi connectivity index (χ1n) is 6.12. The van der Waals surface area contributed by atoms with Crippen molar-refractivity contribution >= 4 is 61.5 Å². The van der Waals surface area contributed by atoms with Crippen LogP contribution in [0.3, 0.4) is 0 Å². The summed E-state index contributed by atoms with van der Waals surface area (Å²) in [6.45, 7) is 2.87. The van der Waals surface area contributed by atoms with E-state index in [0.29, 0.717) is 12.0 Å². The number of hydrogen-bond donors (Lipinski definition) is 1. The lowest BCUT2D eigenvalue weighted by atomic mass is 9.93. The Balaban J connectivity index is 0.00000133. The minimum Gasteiger partial charge on any atom is -0.338 e. The van der Waals surface area contributed by atoms with Crippen LogP contribution in [0.1, 0.15) is 23.2 Å². The highest BCUT2D eigenvalue weighted by Crippen LogP contribution is 2.34. The molecular weight excluding hydrogens is 415 g/mol. The second-order valence-electron chi connectivity index (χ2n) is 4.89. The maximum absolute atomic E-state index is 12.5. The highest BCUT2D eigenvalue weighted by Gasteiger charge is 2.35. The summed E-state index contributed by atoms with van der Waals surface area (Å²) in [5.41, 5.74) is 0.788. The molecule has 7 heteroatoms. The number of hydrogen-bond acceptors (Lipinski definition) is 3. The van der Waals surface area contributed by atoms with Gasteiger partial charge in [-0.1, -0.05) is 0 Å². The van der Waals surface area contributed by atoms with Gasteiger partial charge in [0.05, 0.1) is 13.1 Å². The summed E-state index contributed by atoms with van der Waals surface area (Å²) in [7, 11) is 0. The largest absolute Gasteiger partial charge is 0.338 e. The summed E-state index contributed by atoms with van der Waals surface area (Å²) in [6, 6.07) is 2.54. The van der Waals surface area contributed by atoms with Crippen LogP contribution >= 0.6 is 55.6 Å². The maximum atomic E-state index is 12.5. The molecule has 19 heavy (non-hydrogen) atoms. The van der Waals surface area contributed by atoms with Crippen molar-refractivity contribution in [2.75, 3.05) is 19.6 Å². The molecule has 3 nitrogen and oxygen atoms in total. The Morgan fingerprint density at radius 3 is 2.89 bits per heavy atom. The summed E-state index contributed by atoms with van der Waals surface area (Å²) in [5, 5.41) is 3.52. The molecule has 1 amide bonds. The molecule has 3 rings (SSSR count). The lowest BCUT2D eigenvalue weighted by molar-refractivity contribution is 0.0661. The van der Waals surface area contributed by atoms with Crippen LogP contribution in [-0.4, -0.2) is 36.5 Å². The van der Waals surface area contributed by atoms with Gasteiger partial charge in [-0.3, -0.25) is 4.79 Å². The molecule has 0 radical (unpaired) electrons. The lowest BCUT2D eigenvalue weighted by Gasteiger charge is -2.34. The number of carbonyl (C=O) groups excluding carboxylic acids is 1. The zero-order chi connectivity index (χ0) is 12.7. The fourth-order valence-electron chi connectivity index (χ4n) is 2.89. The average molecular weight is 431 g/mol. The van der Waals surface area contributed by atoms with Crippen LogP contribution in [-0.2, 0) is 0 Å². The molecule has 0 bridgehead atoms. The lowest BCUT2D eigenvalue weighted by Crippen LogP contribution is -2.46. The number of fused-ring (bicyclic) bond motifs is 1. The number of nitrogens with zero attached hydrogens (tertiary/aromatic N) is 1. The second-order valence-corrected chi connectivity index (χ2v) is 8.64. The van der Waals surface area contributed by atoms with Crippen molar-refractivity contribution in [2.24, 2.45) is 5.92 Å². The number of rotatable bonds is 1. The van der Waals surface area contributed by atoms with Gasteiger partial charge in [-0.05, 0) is 63.2 Å². The van der Waals surface area contributed by atoms with E-state index in [1.165, 1.54) is 6.42 Å². The van der Waals surface area contributed by atoms with Crippen molar-refractivity contribution in [1.82, 2.24) is 10.2 Å². The van der Waals surface area contributed by atoms with Gasteiger partial charge in [0.1, 0.15) is 0 Å². The van der Waals surface area contributed by atoms with E-state index >= 15 is 0 Å². The Morgan fingerprint density at radius 2 is 2.21 bits per heavy atom. The summed E-state index contributed by atoms with van der Waals surface area (Å²) < 4.78 is 1.92. The highest BCUT2D eigenvalue weighted by atomic mass is 79.9. The van der Waals surface area contributed by atoms with Gasteiger partial charge < -0.3 is 10.2 Å². The quantitative estimate of drug-likeness (QED) is 0.739. The molecule has 2 saturated heterocycles. The van der Waals surface area contributed by atoms with E-state index in [1.807, 2.05) is 11.0 Å². The van der Waals surface area contributed by atoms with Gasteiger partial charge in [-0.25, -0.2) is 0 Å². The molecule has 2 aliphatic heterocycles. The third-order valence-corrected chi connectivity index (χ3v) is 6.17. The summed E-state index contributed by atoms with van der Waals surface area (Å²) >= 11 is 8.45. The average Bonchev–Trinajstić information content (AvgIpc) is 2.93. The molecule has 2 aliphatic rings. The van der Waals surface area contributed by atoms with Gasteiger partial charge in [-0.2, -0.15) is 0 Å². The first-order valence-corrected chi connectivity index (χ1v) is 8.53. The van der Waals surface area contributed by atoms with E-state index in [2.05, 4.69) is 37.2 Å². The summed E-state index contributed by atoms with van der Waals surface area (Å²) in [6.07, 6.45) is 2.28. The fourth-order valence-corrected chi connectivity index (χ4v) is 5.67. The first-order chi connectivity index (χ1) is 8.65. The van der Waals surface area contributed by atoms with Gasteiger partial charge in [-0.15, -0.1) is 23.7 Å². The Hall–Kier alpha value is 0.380. The normalized spacial score (nSPS) is 25.9. The van der Waals surface area contributed by atoms with E-state index in [1.54, 1.807) is 11.3 Å². The molecule has 0 saturated carbocycles. The van der Waals surface area contributed by atoms with Crippen LogP contribution < -0.4 is 5.32 Å². The number of thiophene rings is 1. The van der Waals surface area contributed by atoms with Gasteiger partial charge >= 0.3 is 0 Å². The predicted octanol–water partition coefficient (Wildman–Crippen LogP) is 3.52. The van der Waals surface area contributed by atoms with Crippen LogP contribution in [0, 0.1) is 5.92 Å². The molecule has 1 aromatic heterocycles. The SMILES string of the molecule is Cl.O=C(c1cc(Br)sc1Br)N1CCC2NCCC2C1. The van der Waals surface area contributed by atoms with E-state index in [9.17, 15) is 4.79 Å². The minimum atomic E-state index is 0. The molecule has 3 heterocycles. The number of nitrogens with one attached hydrogen (secondary N) is 1. The molecule has 0 aliphatic carbocycles. The van der Waals surface area contributed by atoms with E-state index in [4.69, 9.17) is 0 Å². The number of carbonyl (C=O) groups is 1. The van der Waals surface area contributed by atoms with Crippen molar-refractivity contribution in [1.29, 1.82) is 0 Å². The predicted molar refractivity (Wildman–Crippen MR) is 87.4 cm³/mol. The molecule has 2 atom stereocenters. The monoisotopic (exact) mass is 428 g/mol. The third-order valence-electron chi connectivity index (χ3n) is 3.83. The topological polar surface area (TPSA) is 32.3 Å². The van der Waals surface area contributed by atoms with Crippen molar-refractivity contribution in [2.45, 2.75) is 18.9 Å². The van der Waals surface area contributed by atoms with Crippen molar-refractivity contribution in [3.05, 3.63) is 19.2 Å². The van der Waals surface area contributed by atoms with Gasteiger partial charge in [0.2, 0.25) is 0 Å². The maximum Gasteiger partial charge on any atom is 0.255 e. The molecular formula is C12H15Br2ClN2OS. The molecule has 2 fully saturated rings. The zero-order valence-corrected chi connectivity index (χ0v) is 15.0. The van der Waals surface area contributed by atoms with E-state index < -0.39 is 0 Å². The van der Waals surface area contributed by atoms with Crippen LogP contribution in [0.15, 0.2) is 13.6 Å². The fraction of sp³-hybridized carbons (Fsp3) is 0.583. The van der Waals surface area contributed by atoms with Crippen LogP contribution in [0.4, 0.5) is 0 Å². The number of piperidine rings is 1. The zero-order valence-electron chi connectivity index (χ0n) is 10.2. The van der Waals surface area contributed by atoms with Crippen LogP contribution in [0.5, 0.6) is 0 Å². The van der Waals surface area contributed by atoms with Gasteiger partial charge in [0, 0.05) is 19.1 Å². The molecule has 0 aromatic carbocycles. The highest BCUT2D eigenvalue weighted by molar-refractivity contribution is 9.12. The van der Waals surface area contributed by atoms with Crippen molar-refractivity contribution in [3.63, 3.8) is 0 Å². The van der Waals surface area contributed by atoms with E-state index in [-0.39, 0.29) is 18.3 Å². The first kappa shape index (κ1) is 15.8. The molecule has 106 valence electrons. The summed E-state index contributed by atoms with van der Waals surface area (Å²) in [4.78, 5) is 14.5. The number of halogens is 3. The van der Waals surface area contributed by atoms with Crippen LogP contribution in [0.2, 0.25) is 0 Å². The molecule has 1 N–H and O–H groups in total. The Bertz CT molecular complexity index is 482. The van der Waals surface area contributed by atoms with E-state index in [0.717, 1.165) is 39.2 Å². The van der Waals surface area contributed by atoms with Gasteiger partial charge in [0.25, 0.3) is 5.91 Å². The number of amides is 1. The smallest absolute Gasteiger partial charge is 0.255 e. The third kappa shape index (κ3) is 3.18. The Morgan fingerprint density at radius 1 is 1.42 bits per heavy atom. The Kier molecular flexibility index (Phi) is 5.34. The van der Waals surface area contributed by atoms with Crippen LogP contribution in [0.25, 0.3) is 0 Å². The van der Waals surface area contributed by atoms with Crippen molar-refractivity contribution in [3.8, 4) is 0 Å². The molecule has 0 spiro atoms. The van der Waals surface area contributed by atoms with Crippen molar-refractivity contribution < 1.29 is 4.79 Å². The van der Waals surface area contributed by atoms with Gasteiger partial charge in [0.15, 0.2) is 0 Å². The Labute approximate surface area is 139 Å². The standard InChI is InChI=1S/C12H14Br2N2OS.ClH/c13-10-5-8(11(14)18-10)12(17)16-4-2-9-7(6-16)1-3-15-9;/h5,7,9,15H,1-4,6H2;1H. The molecule has 1 aromatic rings. The number of likely N-dealkylation sites (tertiary alicyclic amines) is 1.